The van der Waals surface area contributed by atoms with E-state index >= 15 is 0 Å². The first-order valence-electron chi connectivity index (χ1n) is 8.06. The van der Waals surface area contributed by atoms with Crippen LogP contribution in [0.3, 0.4) is 0 Å². The first kappa shape index (κ1) is 20.4. The molecule has 0 amide bonds. The van der Waals surface area contributed by atoms with Gasteiger partial charge in [0.15, 0.2) is 0 Å². The number of ether oxygens (including phenoxy) is 2. The van der Waals surface area contributed by atoms with Crippen LogP contribution in [0.15, 0.2) is 41.3 Å². The zero-order valence-electron chi connectivity index (χ0n) is 14.7. The molecule has 8 heteroatoms. The van der Waals surface area contributed by atoms with E-state index in [2.05, 4.69) is 4.72 Å². The van der Waals surface area contributed by atoms with Gasteiger partial charge in [-0.15, -0.1) is 12.4 Å². The Bertz CT molecular complexity index is 865. The van der Waals surface area contributed by atoms with Crippen molar-refractivity contribution in [2.75, 3.05) is 20.0 Å². The summed E-state index contributed by atoms with van der Waals surface area (Å²) < 4.78 is 38.9. The summed E-state index contributed by atoms with van der Waals surface area (Å²) in [7, 11) is -0.746. The van der Waals surface area contributed by atoms with Crippen molar-refractivity contribution in [1.29, 1.82) is 0 Å². The van der Waals surface area contributed by atoms with Crippen molar-refractivity contribution in [3.63, 3.8) is 0 Å². The predicted octanol–water partition coefficient (Wildman–Crippen LogP) is 3.06. The van der Waals surface area contributed by atoms with Crippen molar-refractivity contribution in [1.82, 2.24) is 4.72 Å². The van der Waals surface area contributed by atoms with E-state index in [9.17, 15) is 8.42 Å². The minimum atomic E-state index is -3.72. The Hall–Kier alpha value is -1.96. The molecular formula is C18H23ClN2O4S. The van der Waals surface area contributed by atoms with Gasteiger partial charge < -0.3 is 15.2 Å². The largest absolute Gasteiger partial charge is 0.497 e. The highest BCUT2D eigenvalue weighted by atomic mass is 35.5. The molecule has 0 radical (unpaired) electrons. The van der Waals surface area contributed by atoms with Crippen molar-refractivity contribution in [2.24, 2.45) is 0 Å². The molecule has 2 aromatic rings. The predicted molar refractivity (Wildman–Crippen MR) is 104 cm³/mol. The van der Waals surface area contributed by atoms with Gasteiger partial charge >= 0.3 is 0 Å². The van der Waals surface area contributed by atoms with Crippen molar-refractivity contribution < 1.29 is 17.9 Å². The second-order valence-corrected chi connectivity index (χ2v) is 7.79. The molecule has 1 unspecified atom stereocenters. The second kappa shape index (κ2) is 8.16. The van der Waals surface area contributed by atoms with Crippen molar-refractivity contribution >= 4 is 28.1 Å². The maximum atomic E-state index is 12.9. The van der Waals surface area contributed by atoms with E-state index in [0.29, 0.717) is 17.2 Å². The monoisotopic (exact) mass is 398 g/mol. The highest BCUT2D eigenvalue weighted by molar-refractivity contribution is 7.89. The summed E-state index contributed by atoms with van der Waals surface area (Å²) in [4.78, 5) is 0.117. The fraction of sp³-hybridized carbons (Fsp3) is 0.333. The third kappa shape index (κ3) is 4.23. The van der Waals surface area contributed by atoms with Gasteiger partial charge in [0.2, 0.25) is 10.0 Å². The van der Waals surface area contributed by atoms with Crippen LogP contribution in [0.2, 0.25) is 0 Å². The average molecular weight is 399 g/mol. The van der Waals surface area contributed by atoms with Crippen LogP contribution in [-0.2, 0) is 16.4 Å². The lowest BCUT2D eigenvalue weighted by Crippen LogP contribution is -2.31. The number of nitrogens with one attached hydrogen (secondary N) is 1. The molecule has 26 heavy (non-hydrogen) atoms. The third-order valence-corrected chi connectivity index (χ3v) is 5.87. The number of halogens is 1. The second-order valence-electron chi connectivity index (χ2n) is 6.07. The smallest absolute Gasteiger partial charge is 0.241 e. The molecule has 3 rings (SSSR count). The molecule has 0 bridgehead atoms. The van der Waals surface area contributed by atoms with Crippen LogP contribution in [0.1, 0.15) is 30.0 Å². The topological polar surface area (TPSA) is 90.6 Å². The standard InChI is InChI=1S/C18H22N2O4S.ClH/c1-23-14-9-15(24-2)11-16(10-14)25(21,22)20-18-5-3-4-12-8-13(19)6-7-17(12)18;/h6-11,18,20H,3-5,19H2,1-2H3;1H. The summed E-state index contributed by atoms with van der Waals surface area (Å²) in [5.41, 5.74) is 8.62. The number of methoxy groups -OCH3 is 2. The van der Waals surface area contributed by atoms with E-state index in [1.807, 2.05) is 12.1 Å². The van der Waals surface area contributed by atoms with Gasteiger partial charge in [-0.25, -0.2) is 13.1 Å². The average Bonchev–Trinajstić information content (AvgIpc) is 2.60. The molecule has 3 N–H and O–H groups in total. The highest BCUT2D eigenvalue weighted by Gasteiger charge is 2.26. The number of rotatable bonds is 5. The van der Waals surface area contributed by atoms with Crippen LogP contribution in [0.25, 0.3) is 0 Å². The Morgan fingerprint density at radius 1 is 1.08 bits per heavy atom. The molecule has 6 nitrogen and oxygen atoms in total. The number of hydrogen-bond acceptors (Lipinski definition) is 5. The quantitative estimate of drug-likeness (QED) is 0.755. The van der Waals surface area contributed by atoms with Crippen LogP contribution < -0.4 is 19.9 Å². The van der Waals surface area contributed by atoms with Gasteiger partial charge in [-0.1, -0.05) is 6.07 Å². The lowest BCUT2D eigenvalue weighted by atomic mass is 9.88. The molecule has 0 spiro atoms. The molecule has 1 aliphatic carbocycles. The number of sulfonamides is 1. The maximum Gasteiger partial charge on any atom is 0.241 e. The molecule has 0 saturated heterocycles. The summed E-state index contributed by atoms with van der Waals surface area (Å²) in [6.45, 7) is 0. The number of nitrogen functional groups attached to an aromatic ring is 1. The SMILES string of the molecule is COc1cc(OC)cc(S(=O)(=O)NC2CCCc3cc(N)ccc32)c1.Cl. The van der Waals surface area contributed by atoms with E-state index in [1.54, 1.807) is 12.1 Å². The Kier molecular flexibility index (Phi) is 6.39. The van der Waals surface area contributed by atoms with Gasteiger partial charge in [-0.3, -0.25) is 0 Å². The normalized spacial score (nSPS) is 16.3. The van der Waals surface area contributed by atoms with Crippen LogP contribution in [0.5, 0.6) is 11.5 Å². The zero-order chi connectivity index (χ0) is 18.0. The number of fused-ring (bicyclic) bond motifs is 1. The Morgan fingerprint density at radius 3 is 2.35 bits per heavy atom. The number of benzene rings is 2. The van der Waals surface area contributed by atoms with E-state index in [4.69, 9.17) is 15.2 Å². The summed E-state index contributed by atoms with van der Waals surface area (Å²) in [5, 5.41) is 0. The molecule has 0 aromatic heterocycles. The molecule has 0 saturated carbocycles. The molecular weight excluding hydrogens is 376 g/mol. The first-order valence-corrected chi connectivity index (χ1v) is 9.55. The van der Waals surface area contributed by atoms with E-state index in [1.165, 1.54) is 26.4 Å². The van der Waals surface area contributed by atoms with Gasteiger partial charge in [-0.2, -0.15) is 0 Å². The molecule has 0 aliphatic heterocycles. The van der Waals surface area contributed by atoms with Crippen LogP contribution in [-0.4, -0.2) is 22.6 Å². The Labute approximate surface area is 160 Å². The molecule has 0 heterocycles. The van der Waals surface area contributed by atoms with E-state index < -0.39 is 10.0 Å². The fourth-order valence-corrected chi connectivity index (χ4v) is 4.45. The molecule has 1 atom stereocenters. The minimum absolute atomic E-state index is 0. The van der Waals surface area contributed by atoms with Gasteiger partial charge in [0.05, 0.1) is 19.1 Å². The summed E-state index contributed by atoms with van der Waals surface area (Å²) in [6, 6.07) is 9.96. The van der Waals surface area contributed by atoms with Gasteiger partial charge in [0.25, 0.3) is 0 Å². The zero-order valence-corrected chi connectivity index (χ0v) is 16.3. The summed E-state index contributed by atoms with van der Waals surface area (Å²) in [6.07, 6.45) is 2.56. The number of aryl methyl sites for hydroxylation is 1. The maximum absolute atomic E-state index is 12.9. The van der Waals surface area contributed by atoms with Gasteiger partial charge in [0.1, 0.15) is 11.5 Å². The van der Waals surface area contributed by atoms with Crippen LogP contribution >= 0.6 is 12.4 Å². The number of nitrogens with two attached hydrogens (primary N) is 1. The molecule has 142 valence electrons. The Balaban J connectivity index is 0.00000243. The van der Waals surface area contributed by atoms with Crippen molar-refractivity contribution in [2.45, 2.75) is 30.2 Å². The fourth-order valence-electron chi connectivity index (χ4n) is 3.15. The molecule has 2 aromatic carbocycles. The third-order valence-electron chi connectivity index (χ3n) is 4.41. The lowest BCUT2D eigenvalue weighted by Gasteiger charge is -2.26. The summed E-state index contributed by atoms with van der Waals surface area (Å²) >= 11 is 0. The Morgan fingerprint density at radius 2 is 1.73 bits per heavy atom. The van der Waals surface area contributed by atoms with E-state index in [0.717, 1.165) is 30.4 Å². The van der Waals surface area contributed by atoms with Gasteiger partial charge in [0, 0.05) is 29.9 Å². The summed E-state index contributed by atoms with van der Waals surface area (Å²) in [5.74, 6) is 0.855. The first-order chi connectivity index (χ1) is 11.9. The van der Waals surface area contributed by atoms with Crippen molar-refractivity contribution in [3.8, 4) is 11.5 Å². The van der Waals surface area contributed by atoms with Crippen LogP contribution in [0.4, 0.5) is 5.69 Å². The molecule has 0 fully saturated rings. The van der Waals surface area contributed by atoms with Crippen molar-refractivity contribution in [3.05, 3.63) is 47.5 Å². The van der Waals surface area contributed by atoms with Crippen LogP contribution in [0, 0.1) is 0 Å². The number of anilines is 1. The minimum Gasteiger partial charge on any atom is -0.497 e. The highest BCUT2D eigenvalue weighted by Crippen LogP contribution is 2.33. The van der Waals surface area contributed by atoms with E-state index in [-0.39, 0.29) is 23.3 Å². The number of hydrogen-bond donors (Lipinski definition) is 2. The molecule has 1 aliphatic rings. The lowest BCUT2D eigenvalue weighted by molar-refractivity contribution is 0.391. The van der Waals surface area contributed by atoms with Gasteiger partial charge in [-0.05, 0) is 42.5 Å².